The monoisotopic (exact) mass is 322 g/mol. The molecular weight excluding hydrogens is 304 g/mol. The first kappa shape index (κ1) is 16.2. The molecule has 0 saturated heterocycles. The molecule has 0 aliphatic rings. The molecule has 0 N–H and O–H groups in total. The first-order valence-corrected chi connectivity index (χ1v) is 8.60. The number of aromatic nitrogens is 1. The van der Waals surface area contributed by atoms with Gasteiger partial charge in [-0.05, 0) is 31.5 Å². The molecule has 0 bridgehead atoms. The van der Waals surface area contributed by atoms with Crippen LogP contribution in [-0.2, 0) is 9.84 Å². The fourth-order valence-corrected chi connectivity index (χ4v) is 2.66. The third kappa shape index (κ3) is 3.36. The molecular formula is C15H18N2O4S. The summed E-state index contributed by atoms with van der Waals surface area (Å²) in [7, 11) is -1.56. The molecule has 0 radical (unpaired) electrons. The van der Waals surface area contributed by atoms with Gasteiger partial charge in [-0.25, -0.2) is 8.42 Å². The summed E-state index contributed by atoms with van der Waals surface area (Å²) in [5.74, 6) is -0.0973. The van der Waals surface area contributed by atoms with E-state index in [1.54, 1.807) is 32.2 Å². The normalized spacial score (nSPS) is 12.9. The second-order valence-corrected chi connectivity index (χ2v) is 7.28. The maximum atomic E-state index is 12.3. The van der Waals surface area contributed by atoms with Gasteiger partial charge in [-0.2, -0.15) is 0 Å². The summed E-state index contributed by atoms with van der Waals surface area (Å²) in [5, 5.41) is 3.70. The Kier molecular flexibility index (Phi) is 4.37. The van der Waals surface area contributed by atoms with Crippen LogP contribution in [0.3, 0.4) is 0 Å². The highest BCUT2D eigenvalue weighted by Gasteiger charge is 2.22. The minimum absolute atomic E-state index is 0.180. The van der Waals surface area contributed by atoms with E-state index >= 15 is 0 Å². The van der Waals surface area contributed by atoms with Gasteiger partial charge in [0.2, 0.25) is 5.76 Å². The van der Waals surface area contributed by atoms with Crippen molar-refractivity contribution in [2.24, 2.45) is 0 Å². The van der Waals surface area contributed by atoms with E-state index in [2.05, 4.69) is 5.16 Å². The Balaban J connectivity index is 2.20. The summed E-state index contributed by atoms with van der Waals surface area (Å²) < 4.78 is 27.9. The van der Waals surface area contributed by atoms with Crippen molar-refractivity contribution in [1.29, 1.82) is 0 Å². The maximum absolute atomic E-state index is 12.3. The summed E-state index contributed by atoms with van der Waals surface area (Å²) in [6.07, 6.45) is 1.16. The predicted molar refractivity (Wildman–Crippen MR) is 81.3 cm³/mol. The molecule has 6 nitrogen and oxygen atoms in total. The smallest absolute Gasteiger partial charge is 0.292 e. The number of sulfone groups is 1. The fraction of sp³-hybridized carbons (Fsp3) is 0.333. The van der Waals surface area contributed by atoms with Crippen LogP contribution < -0.4 is 0 Å². The molecule has 1 aromatic carbocycles. The highest BCUT2D eigenvalue weighted by atomic mass is 32.2. The van der Waals surface area contributed by atoms with Crippen molar-refractivity contribution in [2.45, 2.75) is 24.8 Å². The molecule has 0 unspecified atom stereocenters. The molecule has 1 amide bonds. The summed E-state index contributed by atoms with van der Waals surface area (Å²) in [6.45, 7) is 3.60. The Morgan fingerprint density at radius 3 is 2.32 bits per heavy atom. The zero-order chi connectivity index (χ0) is 16.5. The van der Waals surface area contributed by atoms with Crippen LogP contribution in [0.1, 0.15) is 34.8 Å². The van der Waals surface area contributed by atoms with Crippen molar-refractivity contribution < 1.29 is 17.7 Å². The first-order chi connectivity index (χ1) is 10.2. The molecule has 0 fully saturated rings. The van der Waals surface area contributed by atoms with Crippen LogP contribution >= 0.6 is 0 Å². The number of benzene rings is 1. The van der Waals surface area contributed by atoms with Crippen molar-refractivity contribution in [2.75, 3.05) is 13.3 Å². The van der Waals surface area contributed by atoms with Gasteiger partial charge in [0, 0.05) is 19.4 Å². The van der Waals surface area contributed by atoms with E-state index in [0.29, 0.717) is 5.69 Å². The van der Waals surface area contributed by atoms with E-state index in [1.165, 1.54) is 17.0 Å². The van der Waals surface area contributed by atoms with Crippen molar-refractivity contribution in [1.82, 2.24) is 10.1 Å². The third-order valence-electron chi connectivity index (χ3n) is 3.53. The molecule has 2 rings (SSSR count). The van der Waals surface area contributed by atoms with Crippen LogP contribution in [0.15, 0.2) is 39.8 Å². The van der Waals surface area contributed by atoms with E-state index in [9.17, 15) is 13.2 Å². The molecule has 22 heavy (non-hydrogen) atoms. The molecule has 2 aromatic rings. The van der Waals surface area contributed by atoms with Gasteiger partial charge in [-0.1, -0.05) is 17.3 Å². The molecule has 7 heteroatoms. The zero-order valence-electron chi connectivity index (χ0n) is 12.9. The topological polar surface area (TPSA) is 80.5 Å². The second kappa shape index (κ2) is 5.92. The Labute approximate surface area is 129 Å². The van der Waals surface area contributed by atoms with E-state index in [0.717, 1.165) is 11.8 Å². The number of carbonyl (C=O) groups is 1. The lowest BCUT2D eigenvalue weighted by molar-refractivity contribution is 0.0700. The van der Waals surface area contributed by atoms with Crippen molar-refractivity contribution in [3.8, 4) is 0 Å². The number of carbonyl (C=O) groups excluding carboxylic acids is 1. The Morgan fingerprint density at radius 2 is 1.86 bits per heavy atom. The van der Waals surface area contributed by atoms with Gasteiger partial charge in [0.1, 0.15) is 0 Å². The first-order valence-electron chi connectivity index (χ1n) is 6.70. The van der Waals surface area contributed by atoms with Crippen molar-refractivity contribution in [3.63, 3.8) is 0 Å². The molecule has 0 spiro atoms. The summed E-state index contributed by atoms with van der Waals surface area (Å²) >= 11 is 0. The SMILES string of the molecule is Cc1cc(C(=O)N(C)[C@H](C)c2ccc(S(C)(=O)=O)cc2)on1. The van der Waals surface area contributed by atoms with Gasteiger partial charge in [0.25, 0.3) is 5.91 Å². The van der Waals surface area contributed by atoms with Crippen LogP contribution in [0.5, 0.6) is 0 Å². The number of amides is 1. The Bertz CT molecular complexity index is 778. The van der Waals surface area contributed by atoms with E-state index in [-0.39, 0.29) is 22.6 Å². The summed E-state index contributed by atoms with van der Waals surface area (Å²) in [6, 6.07) is 7.84. The lowest BCUT2D eigenvalue weighted by Crippen LogP contribution is -2.29. The minimum Gasteiger partial charge on any atom is -0.351 e. The van der Waals surface area contributed by atoms with Crippen LogP contribution in [0.2, 0.25) is 0 Å². The number of nitrogens with zero attached hydrogens (tertiary/aromatic N) is 2. The largest absolute Gasteiger partial charge is 0.351 e. The molecule has 118 valence electrons. The van der Waals surface area contributed by atoms with Gasteiger partial charge >= 0.3 is 0 Å². The standard InChI is InChI=1S/C15H18N2O4S/c1-10-9-14(21-16-10)15(18)17(3)11(2)12-5-7-13(8-6-12)22(4,19)20/h5-9,11H,1-4H3/t11-/m1/s1. The van der Waals surface area contributed by atoms with Crippen LogP contribution in [0, 0.1) is 6.92 Å². The lowest BCUT2D eigenvalue weighted by atomic mass is 10.1. The Hall–Kier alpha value is -2.15. The molecule has 1 aromatic heterocycles. The van der Waals surface area contributed by atoms with Gasteiger partial charge < -0.3 is 9.42 Å². The third-order valence-corrected chi connectivity index (χ3v) is 4.66. The number of rotatable bonds is 4. The highest BCUT2D eigenvalue weighted by molar-refractivity contribution is 7.90. The zero-order valence-corrected chi connectivity index (χ0v) is 13.7. The van der Waals surface area contributed by atoms with Crippen LogP contribution in [0.4, 0.5) is 0 Å². The number of hydrogen-bond acceptors (Lipinski definition) is 5. The molecule has 0 saturated carbocycles. The summed E-state index contributed by atoms with van der Waals surface area (Å²) in [5.41, 5.74) is 1.47. The highest BCUT2D eigenvalue weighted by Crippen LogP contribution is 2.22. The van der Waals surface area contributed by atoms with Gasteiger partial charge in [0.15, 0.2) is 9.84 Å². The van der Waals surface area contributed by atoms with Gasteiger partial charge in [-0.15, -0.1) is 0 Å². The fourth-order valence-electron chi connectivity index (χ4n) is 2.03. The lowest BCUT2D eigenvalue weighted by Gasteiger charge is -2.24. The molecule has 0 aliphatic carbocycles. The minimum atomic E-state index is -3.23. The van der Waals surface area contributed by atoms with E-state index < -0.39 is 9.84 Å². The molecule has 1 atom stereocenters. The number of hydrogen-bond donors (Lipinski definition) is 0. The van der Waals surface area contributed by atoms with E-state index in [1.807, 2.05) is 6.92 Å². The predicted octanol–water partition coefficient (Wildman–Crippen LogP) is 2.22. The second-order valence-electron chi connectivity index (χ2n) is 5.27. The van der Waals surface area contributed by atoms with Gasteiger partial charge in [0.05, 0.1) is 16.6 Å². The van der Waals surface area contributed by atoms with Gasteiger partial charge in [-0.3, -0.25) is 4.79 Å². The average molecular weight is 322 g/mol. The maximum Gasteiger partial charge on any atom is 0.292 e. The van der Waals surface area contributed by atoms with Crippen molar-refractivity contribution in [3.05, 3.63) is 47.3 Å². The summed E-state index contributed by atoms with van der Waals surface area (Å²) in [4.78, 5) is 14.1. The van der Waals surface area contributed by atoms with Crippen LogP contribution in [0.25, 0.3) is 0 Å². The number of aryl methyl sites for hydroxylation is 1. The average Bonchev–Trinajstić information content (AvgIpc) is 2.90. The molecule has 1 heterocycles. The molecule has 0 aliphatic heterocycles. The quantitative estimate of drug-likeness (QED) is 0.862. The Morgan fingerprint density at radius 1 is 1.27 bits per heavy atom. The van der Waals surface area contributed by atoms with Crippen molar-refractivity contribution >= 4 is 15.7 Å². The van der Waals surface area contributed by atoms with E-state index in [4.69, 9.17) is 4.52 Å². The van der Waals surface area contributed by atoms with Crippen LogP contribution in [-0.4, -0.2) is 37.7 Å².